The van der Waals surface area contributed by atoms with Crippen LogP contribution in [0.15, 0.2) is 6.20 Å². The number of aromatic nitrogens is 1. The number of ether oxygens (including phenoxy) is 1. The van der Waals surface area contributed by atoms with Crippen molar-refractivity contribution in [2.45, 2.75) is 25.9 Å². The predicted molar refractivity (Wildman–Crippen MR) is 72.8 cm³/mol. The van der Waals surface area contributed by atoms with Crippen molar-refractivity contribution >= 4 is 22.4 Å². The molecule has 1 aromatic heterocycles. The van der Waals surface area contributed by atoms with Crippen molar-refractivity contribution in [2.24, 2.45) is 5.92 Å². The topological polar surface area (TPSA) is 71.5 Å². The summed E-state index contributed by atoms with van der Waals surface area (Å²) in [5, 5.41) is 12.0. The summed E-state index contributed by atoms with van der Waals surface area (Å²) in [6.07, 6.45) is 2.96. The summed E-state index contributed by atoms with van der Waals surface area (Å²) < 4.78 is 5.37. The highest BCUT2D eigenvalue weighted by Crippen LogP contribution is 2.22. The van der Waals surface area contributed by atoms with Gasteiger partial charge in [-0.2, -0.15) is 0 Å². The zero-order valence-corrected chi connectivity index (χ0v) is 11.5. The molecule has 1 fully saturated rings. The lowest BCUT2D eigenvalue weighted by Gasteiger charge is -2.06. The summed E-state index contributed by atoms with van der Waals surface area (Å²) in [7, 11) is 0. The van der Waals surface area contributed by atoms with Gasteiger partial charge in [-0.15, -0.1) is 0 Å². The molecule has 2 heterocycles. The van der Waals surface area contributed by atoms with E-state index >= 15 is 0 Å². The number of nitrogens with zero attached hydrogens (tertiary/aromatic N) is 1. The first-order valence-electron chi connectivity index (χ1n) is 6.17. The fourth-order valence-electron chi connectivity index (χ4n) is 1.80. The molecule has 0 radical (unpaired) electrons. The SMILES string of the molecule is CC1CC(C(=O)Nc2ncc(C#CCCO)s2)CO1. The van der Waals surface area contributed by atoms with E-state index in [4.69, 9.17) is 9.84 Å². The Morgan fingerprint density at radius 3 is 3.26 bits per heavy atom. The summed E-state index contributed by atoms with van der Waals surface area (Å²) in [4.78, 5) is 16.8. The third-order valence-electron chi connectivity index (χ3n) is 2.75. The number of aliphatic hydroxyl groups excluding tert-OH is 1. The minimum atomic E-state index is -0.0946. The van der Waals surface area contributed by atoms with Crippen LogP contribution in [0.2, 0.25) is 0 Å². The van der Waals surface area contributed by atoms with Gasteiger partial charge in [0.05, 0.1) is 36.3 Å². The molecule has 2 unspecified atom stereocenters. The van der Waals surface area contributed by atoms with Crippen LogP contribution in [-0.4, -0.2) is 35.3 Å². The molecule has 0 spiro atoms. The molecule has 102 valence electrons. The first kappa shape index (κ1) is 14.0. The highest BCUT2D eigenvalue weighted by molar-refractivity contribution is 7.16. The van der Waals surface area contributed by atoms with Gasteiger partial charge in [0.1, 0.15) is 0 Å². The lowest BCUT2D eigenvalue weighted by molar-refractivity contribution is -0.119. The Balaban J connectivity index is 1.89. The Hall–Kier alpha value is -1.42. The number of anilines is 1. The van der Waals surface area contributed by atoms with Gasteiger partial charge in [-0.1, -0.05) is 23.2 Å². The molecule has 1 aromatic rings. The van der Waals surface area contributed by atoms with Crippen LogP contribution in [0.1, 0.15) is 24.6 Å². The van der Waals surface area contributed by atoms with Crippen molar-refractivity contribution in [2.75, 3.05) is 18.5 Å². The van der Waals surface area contributed by atoms with Crippen LogP contribution in [0.5, 0.6) is 0 Å². The van der Waals surface area contributed by atoms with E-state index in [9.17, 15) is 4.79 Å². The number of rotatable bonds is 3. The zero-order valence-electron chi connectivity index (χ0n) is 10.7. The summed E-state index contributed by atoms with van der Waals surface area (Å²) in [5.74, 6) is 5.56. The summed E-state index contributed by atoms with van der Waals surface area (Å²) in [6, 6.07) is 0. The first-order valence-corrected chi connectivity index (χ1v) is 6.98. The summed E-state index contributed by atoms with van der Waals surface area (Å²) in [5.41, 5.74) is 0. The molecule has 1 aliphatic rings. The maximum atomic E-state index is 11.9. The minimum Gasteiger partial charge on any atom is -0.395 e. The van der Waals surface area contributed by atoms with Gasteiger partial charge in [0.2, 0.25) is 5.91 Å². The molecule has 2 rings (SSSR count). The lowest BCUT2D eigenvalue weighted by atomic mass is 10.1. The number of hydrogen-bond acceptors (Lipinski definition) is 5. The van der Waals surface area contributed by atoms with Crippen molar-refractivity contribution in [3.05, 3.63) is 11.1 Å². The summed E-state index contributed by atoms with van der Waals surface area (Å²) in [6.45, 7) is 2.49. The van der Waals surface area contributed by atoms with Gasteiger partial charge in [0.25, 0.3) is 0 Å². The van der Waals surface area contributed by atoms with Crippen LogP contribution in [0.25, 0.3) is 0 Å². The smallest absolute Gasteiger partial charge is 0.231 e. The summed E-state index contributed by atoms with van der Waals surface area (Å²) >= 11 is 1.33. The van der Waals surface area contributed by atoms with Crippen LogP contribution in [0, 0.1) is 17.8 Å². The highest BCUT2D eigenvalue weighted by Gasteiger charge is 2.28. The van der Waals surface area contributed by atoms with E-state index in [1.54, 1.807) is 6.20 Å². The van der Waals surface area contributed by atoms with Crippen LogP contribution in [0.4, 0.5) is 5.13 Å². The molecule has 0 bridgehead atoms. The standard InChI is InChI=1S/C13H16N2O3S/c1-9-6-10(8-18-9)12(17)15-13-14-7-11(19-13)4-2-3-5-16/h7,9-10,16H,3,5-6,8H2,1H3,(H,14,15,17). The van der Waals surface area contributed by atoms with E-state index in [2.05, 4.69) is 22.1 Å². The van der Waals surface area contributed by atoms with E-state index in [1.807, 2.05) is 6.92 Å². The molecule has 1 amide bonds. The molecule has 2 atom stereocenters. The van der Waals surface area contributed by atoms with Crippen molar-refractivity contribution in [1.82, 2.24) is 4.98 Å². The van der Waals surface area contributed by atoms with Crippen molar-refractivity contribution in [3.63, 3.8) is 0 Å². The quantitative estimate of drug-likeness (QED) is 0.817. The molecule has 19 heavy (non-hydrogen) atoms. The van der Waals surface area contributed by atoms with Gasteiger partial charge in [-0.25, -0.2) is 4.98 Å². The van der Waals surface area contributed by atoms with E-state index < -0.39 is 0 Å². The molecule has 6 heteroatoms. The van der Waals surface area contributed by atoms with E-state index in [0.717, 1.165) is 11.3 Å². The zero-order chi connectivity index (χ0) is 13.7. The van der Waals surface area contributed by atoms with Gasteiger partial charge < -0.3 is 15.2 Å². The fraction of sp³-hybridized carbons (Fsp3) is 0.538. The predicted octanol–water partition coefficient (Wildman–Crippen LogP) is 1.24. The van der Waals surface area contributed by atoms with Gasteiger partial charge in [0, 0.05) is 6.42 Å². The maximum absolute atomic E-state index is 11.9. The van der Waals surface area contributed by atoms with E-state index in [-0.39, 0.29) is 24.5 Å². The first-order chi connectivity index (χ1) is 9.19. The van der Waals surface area contributed by atoms with E-state index in [1.165, 1.54) is 11.3 Å². The van der Waals surface area contributed by atoms with Gasteiger partial charge in [-0.3, -0.25) is 4.79 Å². The Morgan fingerprint density at radius 1 is 1.74 bits per heavy atom. The Labute approximate surface area is 116 Å². The lowest BCUT2D eigenvalue weighted by Crippen LogP contribution is -2.22. The normalized spacial score (nSPS) is 21.8. The third kappa shape index (κ3) is 4.03. The minimum absolute atomic E-state index is 0.0476. The second-order valence-corrected chi connectivity index (χ2v) is 5.40. The van der Waals surface area contributed by atoms with Crippen LogP contribution < -0.4 is 5.32 Å². The van der Waals surface area contributed by atoms with Crippen molar-refractivity contribution < 1.29 is 14.6 Å². The number of hydrogen-bond donors (Lipinski definition) is 2. The maximum Gasteiger partial charge on any atom is 0.231 e. The Bertz CT molecular complexity index is 503. The monoisotopic (exact) mass is 280 g/mol. The molecule has 1 aliphatic heterocycles. The number of carbonyl (C=O) groups excluding carboxylic acids is 1. The molecule has 0 aliphatic carbocycles. The largest absolute Gasteiger partial charge is 0.395 e. The van der Waals surface area contributed by atoms with Gasteiger partial charge >= 0.3 is 0 Å². The molecule has 0 saturated carbocycles. The molecule has 0 aromatic carbocycles. The molecular weight excluding hydrogens is 264 g/mol. The molecule has 5 nitrogen and oxygen atoms in total. The fourth-order valence-corrected chi connectivity index (χ4v) is 2.50. The number of nitrogens with one attached hydrogen (secondary N) is 1. The average Bonchev–Trinajstić information content (AvgIpc) is 2.99. The highest BCUT2D eigenvalue weighted by atomic mass is 32.1. The van der Waals surface area contributed by atoms with Crippen molar-refractivity contribution in [1.29, 1.82) is 0 Å². The Kier molecular flexibility index (Phi) is 4.91. The second-order valence-electron chi connectivity index (χ2n) is 4.37. The van der Waals surface area contributed by atoms with Gasteiger partial charge in [0.15, 0.2) is 5.13 Å². The van der Waals surface area contributed by atoms with Crippen molar-refractivity contribution in [3.8, 4) is 11.8 Å². The number of carbonyl (C=O) groups is 1. The third-order valence-corrected chi connectivity index (χ3v) is 3.58. The second kappa shape index (κ2) is 6.66. The van der Waals surface area contributed by atoms with Gasteiger partial charge in [-0.05, 0) is 13.3 Å². The Morgan fingerprint density at radius 2 is 2.58 bits per heavy atom. The van der Waals surface area contributed by atoms with Crippen LogP contribution in [0.3, 0.4) is 0 Å². The molecule has 2 N–H and O–H groups in total. The average molecular weight is 280 g/mol. The van der Waals surface area contributed by atoms with Crippen LogP contribution >= 0.6 is 11.3 Å². The molecule has 1 saturated heterocycles. The number of amides is 1. The molecular formula is C13H16N2O3S. The van der Waals surface area contributed by atoms with E-state index in [0.29, 0.717) is 18.2 Å². The number of aliphatic hydroxyl groups is 1. The number of thiazole rings is 1. The van der Waals surface area contributed by atoms with Crippen LogP contribution in [-0.2, 0) is 9.53 Å².